The Morgan fingerprint density at radius 1 is 1.17 bits per heavy atom. The van der Waals surface area contributed by atoms with Gasteiger partial charge < -0.3 is 10.6 Å². The van der Waals surface area contributed by atoms with Gasteiger partial charge in [0.15, 0.2) is 15.8 Å². The maximum absolute atomic E-state index is 12.5. The van der Waals surface area contributed by atoms with E-state index in [2.05, 4.69) is 15.6 Å². The van der Waals surface area contributed by atoms with Crippen molar-refractivity contribution in [2.45, 2.75) is 41.2 Å². The fourth-order valence-electron chi connectivity index (χ4n) is 2.64. The van der Waals surface area contributed by atoms with Crippen molar-refractivity contribution in [2.75, 3.05) is 6.54 Å². The summed E-state index contributed by atoms with van der Waals surface area (Å²) in [5, 5.41) is 4.61. The quantitative estimate of drug-likeness (QED) is 0.869. The van der Waals surface area contributed by atoms with E-state index in [0.29, 0.717) is 12.8 Å². The van der Waals surface area contributed by atoms with Gasteiger partial charge in [-0.15, -0.1) is 0 Å². The lowest BCUT2D eigenvalue weighted by Gasteiger charge is -2.35. The molecule has 2 N–H and O–H groups in total. The number of nitrogens with zero attached hydrogens (tertiary/aromatic N) is 1. The summed E-state index contributed by atoms with van der Waals surface area (Å²) in [6.45, 7) is -0.357. The largest absolute Gasteiger partial charge is 0.410 e. The first-order valence-corrected chi connectivity index (χ1v) is 8.74. The average molecular weight is 347 g/mol. The summed E-state index contributed by atoms with van der Waals surface area (Å²) in [5.41, 5.74) is 0. The third kappa shape index (κ3) is 3.29. The van der Waals surface area contributed by atoms with Crippen LogP contribution in [0.5, 0.6) is 0 Å². The number of aliphatic imine (C=N–C) groups is 1. The zero-order valence-corrected chi connectivity index (χ0v) is 12.9. The van der Waals surface area contributed by atoms with Crippen LogP contribution in [0.2, 0.25) is 0 Å². The predicted octanol–water partition coefficient (Wildman–Crippen LogP) is 1.47. The van der Waals surface area contributed by atoms with Gasteiger partial charge in [0.05, 0.1) is 16.7 Å². The highest BCUT2D eigenvalue weighted by Gasteiger charge is 2.44. The van der Waals surface area contributed by atoms with Crippen LogP contribution in [0, 0.1) is 0 Å². The number of alkyl halides is 3. The molecule has 0 aromatic heterocycles. The van der Waals surface area contributed by atoms with Crippen LogP contribution < -0.4 is 10.6 Å². The monoisotopic (exact) mass is 347 g/mol. The molecule has 1 aliphatic heterocycles. The van der Waals surface area contributed by atoms with Crippen molar-refractivity contribution in [3.05, 3.63) is 30.3 Å². The highest BCUT2D eigenvalue weighted by molar-refractivity contribution is 7.92. The summed E-state index contributed by atoms with van der Waals surface area (Å²) < 4.78 is 62.3. The molecule has 2 aliphatic rings. The molecule has 5 nitrogen and oxygen atoms in total. The van der Waals surface area contributed by atoms with Crippen molar-refractivity contribution in [3.63, 3.8) is 0 Å². The number of guanidine groups is 1. The van der Waals surface area contributed by atoms with E-state index in [4.69, 9.17) is 0 Å². The molecule has 0 spiro atoms. The molecule has 0 bridgehead atoms. The third-order valence-electron chi connectivity index (χ3n) is 4.08. The maximum Gasteiger partial charge on any atom is 0.410 e. The molecule has 1 heterocycles. The normalized spacial score (nSPS) is 27.8. The van der Waals surface area contributed by atoms with Crippen LogP contribution in [0.15, 0.2) is 40.2 Å². The number of rotatable bonds is 3. The van der Waals surface area contributed by atoms with Gasteiger partial charge in [0.1, 0.15) is 6.04 Å². The van der Waals surface area contributed by atoms with Gasteiger partial charge in [-0.25, -0.2) is 8.42 Å². The molecular formula is C14H16F3N3O2S. The van der Waals surface area contributed by atoms with E-state index in [-0.39, 0.29) is 23.4 Å². The zero-order valence-electron chi connectivity index (χ0n) is 12.0. The Hall–Kier alpha value is -1.77. The topological polar surface area (TPSA) is 70.6 Å². The van der Waals surface area contributed by atoms with Crippen molar-refractivity contribution in [1.82, 2.24) is 10.6 Å². The fraction of sp³-hybridized carbons (Fsp3) is 0.500. The minimum absolute atomic E-state index is 0.0906. The van der Waals surface area contributed by atoms with Crippen LogP contribution in [0.25, 0.3) is 0 Å². The first-order valence-electron chi connectivity index (χ1n) is 7.20. The second-order valence-corrected chi connectivity index (χ2v) is 7.95. The number of sulfone groups is 1. The van der Waals surface area contributed by atoms with Crippen molar-refractivity contribution in [1.29, 1.82) is 0 Å². The predicted molar refractivity (Wildman–Crippen MR) is 78.9 cm³/mol. The molecule has 0 amide bonds. The molecule has 1 fully saturated rings. The molecule has 3 rings (SSSR count). The standard InChI is InChI=1S/C14H16F3N3O2S/c15-14(16,17)12-8-18-13(20-12)19-9-6-11(7-9)23(21,22)10-4-2-1-3-5-10/h1-5,9,11-12H,6-8H2,(H2,18,19,20). The first-order chi connectivity index (χ1) is 10.8. The summed E-state index contributed by atoms with van der Waals surface area (Å²) in [4.78, 5) is 4.05. The van der Waals surface area contributed by atoms with E-state index >= 15 is 0 Å². The van der Waals surface area contributed by atoms with Gasteiger partial charge >= 0.3 is 6.18 Å². The Kier molecular flexibility index (Phi) is 3.99. The number of hydrogen-bond acceptors (Lipinski definition) is 5. The first kappa shape index (κ1) is 16.1. The highest BCUT2D eigenvalue weighted by Crippen LogP contribution is 2.32. The van der Waals surface area contributed by atoms with Crippen LogP contribution in [0.1, 0.15) is 12.8 Å². The van der Waals surface area contributed by atoms with Gasteiger partial charge in [-0.2, -0.15) is 13.2 Å². The molecule has 0 radical (unpaired) electrons. The molecule has 1 unspecified atom stereocenters. The Morgan fingerprint density at radius 2 is 1.83 bits per heavy atom. The maximum atomic E-state index is 12.5. The summed E-state index contributed by atoms with van der Waals surface area (Å²) in [7, 11) is -3.38. The number of halogens is 3. The van der Waals surface area contributed by atoms with E-state index < -0.39 is 27.3 Å². The van der Waals surface area contributed by atoms with Gasteiger partial charge in [-0.3, -0.25) is 4.99 Å². The lowest BCUT2D eigenvalue weighted by molar-refractivity contribution is -0.147. The van der Waals surface area contributed by atoms with Crippen LogP contribution in [0.4, 0.5) is 13.2 Å². The van der Waals surface area contributed by atoms with Crippen LogP contribution in [-0.2, 0) is 9.84 Å². The smallest absolute Gasteiger partial charge is 0.354 e. The van der Waals surface area contributed by atoms with Crippen molar-refractivity contribution >= 4 is 15.8 Å². The summed E-state index contributed by atoms with van der Waals surface area (Å²) in [6.07, 6.45) is -3.63. The van der Waals surface area contributed by atoms with E-state index in [1.165, 1.54) is 0 Å². The molecular weight excluding hydrogens is 331 g/mol. The molecule has 1 aromatic rings. The van der Waals surface area contributed by atoms with E-state index in [1.54, 1.807) is 30.3 Å². The minimum Gasteiger partial charge on any atom is -0.354 e. The molecule has 1 saturated carbocycles. The van der Waals surface area contributed by atoms with Crippen LogP contribution >= 0.6 is 0 Å². The lowest BCUT2D eigenvalue weighted by atomic mass is 9.92. The summed E-state index contributed by atoms with van der Waals surface area (Å²) >= 11 is 0. The molecule has 9 heteroatoms. The SMILES string of the molecule is O=S(=O)(c1ccccc1)C1CC(NC2=NCC(C(F)(F)F)N2)C1. The molecule has 1 aliphatic carbocycles. The molecule has 23 heavy (non-hydrogen) atoms. The fourth-order valence-corrected chi connectivity index (χ4v) is 4.54. The van der Waals surface area contributed by atoms with Gasteiger partial charge in [-0.1, -0.05) is 18.2 Å². The second-order valence-electron chi connectivity index (χ2n) is 5.72. The Bertz CT molecular complexity index is 698. The van der Waals surface area contributed by atoms with Gasteiger partial charge in [0, 0.05) is 6.04 Å². The Morgan fingerprint density at radius 3 is 2.39 bits per heavy atom. The summed E-state index contributed by atoms with van der Waals surface area (Å²) in [5.74, 6) is 0.0906. The van der Waals surface area contributed by atoms with Crippen LogP contribution in [0.3, 0.4) is 0 Å². The lowest BCUT2D eigenvalue weighted by Crippen LogP contribution is -2.54. The third-order valence-corrected chi connectivity index (χ3v) is 6.28. The Balaban J connectivity index is 1.53. The van der Waals surface area contributed by atoms with Gasteiger partial charge in [0.2, 0.25) is 0 Å². The van der Waals surface area contributed by atoms with Crippen molar-refractivity contribution < 1.29 is 21.6 Å². The van der Waals surface area contributed by atoms with Crippen molar-refractivity contribution in [2.24, 2.45) is 4.99 Å². The van der Waals surface area contributed by atoms with Crippen LogP contribution in [-0.4, -0.2) is 44.4 Å². The Labute approximate surface area is 131 Å². The molecule has 1 aromatic carbocycles. The number of nitrogens with one attached hydrogen (secondary N) is 2. The number of hydrogen-bond donors (Lipinski definition) is 2. The summed E-state index contributed by atoms with van der Waals surface area (Å²) in [6, 6.07) is 6.31. The average Bonchev–Trinajstić information content (AvgIpc) is 2.92. The molecule has 126 valence electrons. The molecule has 0 saturated heterocycles. The van der Waals surface area contributed by atoms with Gasteiger partial charge in [0.25, 0.3) is 0 Å². The second kappa shape index (κ2) is 5.70. The van der Waals surface area contributed by atoms with E-state index in [9.17, 15) is 21.6 Å². The van der Waals surface area contributed by atoms with Gasteiger partial charge in [-0.05, 0) is 25.0 Å². The molecule has 1 atom stereocenters. The van der Waals surface area contributed by atoms with E-state index in [1.807, 2.05) is 0 Å². The van der Waals surface area contributed by atoms with E-state index in [0.717, 1.165) is 0 Å². The minimum atomic E-state index is -4.34. The zero-order chi connectivity index (χ0) is 16.7. The van der Waals surface area contributed by atoms with Crippen molar-refractivity contribution in [3.8, 4) is 0 Å². The number of benzene rings is 1. The highest BCUT2D eigenvalue weighted by atomic mass is 32.2.